The first-order valence-electron chi connectivity index (χ1n) is 3.34. The number of rotatable bonds is 2. The minimum absolute atomic E-state index is 0.256. The lowest BCUT2D eigenvalue weighted by molar-refractivity contribution is 0.112. The summed E-state index contributed by atoms with van der Waals surface area (Å²) >= 11 is 0. The molecule has 0 aliphatic heterocycles. The smallest absolute Gasteiger partial charge is 0.155 e. The number of nitrogens with two attached hydrogens (primary N) is 1. The Kier molecular flexibility index (Phi) is 2.15. The number of hydrogen-bond acceptors (Lipinski definition) is 4. The Morgan fingerprint density at radius 3 is 2.91 bits per heavy atom. The van der Waals surface area contributed by atoms with E-state index in [-0.39, 0.29) is 5.82 Å². The van der Waals surface area contributed by atoms with E-state index in [0.29, 0.717) is 17.7 Å². The van der Waals surface area contributed by atoms with Gasteiger partial charge in [0.2, 0.25) is 0 Å². The molecule has 1 rings (SSSR count). The quantitative estimate of drug-likeness (QED) is 0.622. The number of nitrogens with zero attached hydrogens (tertiary/aromatic N) is 2. The standard InChI is InChI=1S/C7H9N3O/c1-2-6-9-3-5(4-11)7(8)10-6/h3-4H,2H2,1H3,(H2,8,9,10). The minimum Gasteiger partial charge on any atom is -0.383 e. The zero-order valence-electron chi connectivity index (χ0n) is 6.24. The minimum atomic E-state index is 0.256. The highest BCUT2D eigenvalue weighted by Crippen LogP contribution is 2.03. The molecule has 0 aromatic carbocycles. The molecule has 0 bridgehead atoms. The van der Waals surface area contributed by atoms with Crippen molar-refractivity contribution in [3.8, 4) is 0 Å². The molecule has 1 aromatic heterocycles. The maximum atomic E-state index is 10.3. The summed E-state index contributed by atoms with van der Waals surface area (Å²) in [5, 5.41) is 0. The van der Waals surface area contributed by atoms with E-state index in [1.165, 1.54) is 6.20 Å². The number of aldehydes is 1. The Morgan fingerprint density at radius 2 is 2.45 bits per heavy atom. The number of nitrogen functional groups attached to an aromatic ring is 1. The summed E-state index contributed by atoms with van der Waals surface area (Å²) in [7, 11) is 0. The van der Waals surface area contributed by atoms with Gasteiger partial charge in [0, 0.05) is 12.6 Å². The normalized spacial score (nSPS) is 9.55. The van der Waals surface area contributed by atoms with Gasteiger partial charge in [-0.05, 0) is 0 Å². The number of hydrogen-bond donors (Lipinski definition) is 1. The molecule has 58 valence electrons. The first kappa shape index (κ1) is 7.65. The van der Waals surface area contributed by atoms with E-state index < -0.39 is 0 Å². The van der Waals surface area contributed by atoms with Crippen molar-refractivity contribution in [2.75, 3.05) is 5.73 Å². The Balaban J connectivity index is 3.09. The molecule has 0 fully saturated rings. The van der Waals surface area contributed by atoms with Crippen LogP contribution in [0.5, 0.6) is 0 Å². The highest BCUT2D eigenvalue weighted by Gasteiger charge is 1.99. The van der Waals surface area contributed by atoms with Crippen molar-refractivity contribution in [3.63, 3.8) is 0 Å². The largest absolute Gasteiger partial charge is 0.383 e. The van der Waals surface area contributed by atoms with E-state index in [4.69, 9.17) is 5.73 Å². The molecule has 0 aliphatic rings. The second-order valence-electron chi connectivity index (χ2n) is 2.10. The van der Waals surface area contributed by atoms with Crippen LogP contribution in [-0.4, -0.2) is 16.3 Å². The lowest BCUT2D eigenvalue weighted by Gasteiger charge is -1.98. The van der Waals surface area contributed by atoms with Gasteiger partial charge in [0.05, 0.1) is 5.56 Å². The third-order valence-electron chi connectivity index (χ3n) is 1.34. The molecule has 0 saturated carbocycles. The van der Waals surface area contributed by atoms with Gasteiger partial charge in [-0.1, -0.05) is 6.92 Å². The van der Waals surface area contributed by atoms with E-state index in [0.717, 1.165) is 6.42 Å². The summed E-state index contributed by atoms with van der Waals surface area (Å²) in [6, 6.07) is 0. The number of carbonyl (C=O) groups excluding carboxylic acids is 1. The molecule has 1 aromatic rings. The van der Waals surface area contributed by atoms with E-state index in [9.17, 15) is 4.79 Å². The van der Waals surface area contributed by atoms with Gasteiger partial charge in [0.1, 0.15) is 11.6 Å². The van der Waals surface area contributed by atoms with Crippen LogP contribution >= 0.6 is 0 Å². The number of anilines is 1. The number of carbonyl (C=O) groups is 1. The summed E-state index contributed by atoms with van der Waals surface area (Å²) in [6.07, 6.45) is 2.81. The molecule has 0 amide bonds. The van der Waals surface area contributed by atoms with Crippen LogP contribution in [0.25, 0.3) is 0 Å². The van der Waals surface area contributed by atoms with E-state index in [1.807, 2.05) is 6.92 Å². The van der Waals surface area contributed by atoms with Crippen LogP contribution in [0.1, 0.15) is 23.1 Å². The molecule has 4 heteroatoms. The van der Waals surface area contributed by atoms with Crippen molar-refractivity contribution >= 4 is 12.1 Å². The molecule has 2 N–H and O–H groups in total. The third-order valence-corrected chi connectivity index (χ3v) is 1.34. The van der Waals surface area contributed by atoms with Crippen molar-refractivity contribution in [1.82, 2.24) is 9.97 Å². The van der Waals surface area contributed by atoms with Gasteiger partial charge in [-0.15, -0.1) is 0 Å². The van der Waals surface area contributed by atoms with Crippen LogP contribution in [0.15, 0.2) is 6.20 Å². The highest BCUT2D eigenvalue weighted by molar-refractivity contribution is 5.80. The van der Waals surface area contributed by atoms with Gasteiger partial charge < -0.3 is 5.73 Å². The van der Waals surface area contributed by atoms with Crippen LogP contribution in [0.2, 0.25) is 0 Å². The average Bonchev–Trinajstić information content (AvgIpc) is 2.04. The lowest BCUT2D eigenvalue weighted by atomic mass is 10.3. The molecular formula is C7H9N3O. The van der Waals surface area contributed by atoms with Gasteiger partial charge in [-0.25, -0.2) is 9.97 Å². The van der Waals surface area contributed by atoms with Gasteiger partial charge in [-0.3, -0.25) is 4.79 Å². The van der Waals surface area contributed by atoms with Gasteiger partial charge >= 0.3 is 0 Å². The number of aryl methyl sites for hydroxylation is 1. The second-order valence-corrected chi connectivity index (χ2v) is 2.10. The van der Waals surface area contributed by atoms with Crippen molar-refractivity contribution in [2.45, 2.75) is 13.3 Å². The zero-order chi connectivity index (χ0) is 8.27. The molecule has 0 aliphatic carbocycles. The molecule has 4 nitrogen and oxygen atoms in total. The van der Waals surface area contributed by atoms with Crippen molar-refractivity contribution < 1.29 is 4.79 Å². The van der Waals surface area contributed by atoms with Crippen LogP contribution < -0.4 is 5.73 Å². The Hall–Kier alpha value is -1.45. The molecule has 0 unspecified atom stereocenters. The predicted molar refractivity (Wildman–Crippen MR) is 41.2 cm³/mol. The number of aromatic nitrogens is 2. The van der Waals surface area contributed by atoms with Crippen molar-refractivity contribution in [1.29, 1.82) is 0 Å². The Labute approximate surface area is 64.5 Å². The second kappa shape index (κ2) is 3.09. The van der Waals surface area contributed by atoms with E-state index in [2.05, 4.69) is 9.97 Å². The summed E-state index contributed by atoms with van der Waals surface area (Å²) in [4.78, 5) is 18.1. The van der Waals surface area contributed by atoms with Crippen LogP contribution in [0.4, 0.5) is 5.82 Å². The SMILES string of the molecule is CCc1ncc(C=O)c(N)n1. The Morgan fingerprint density at radius 1 is 1.73 bits per heavy atom. The zero-order valence-corrected chi connectivity index (χ0v) is 6.24. The molecule has 0 spiro atoms. The monoisotopic (exact) mass is 151 g/mol. The molecular weight excluding hydrogens is 142 g/mol. The van der Waals surface area contributed by atoms with Gasteiger partial charge in [-0.2, -0.15) is 0 Å². The molecule has 0 saturated heterocycles. The summed E-state index contributed by atoms with van der Waals surface area (Å²) in [5.74, 6) is 0.917. The third kappa shape index (κ3) is 1.52. The topological polar surface area (TPSA) is 68.9 Å². The maximum Gasteiger partial charge on any atom is 0.155 e. The first-order chi connectivity index (χ1) is 5.27. The highest BCUT2D eigenvalue weighted by atomic mass is 16.1. The fourth-order valence-corrected chi connectivity index (χ4v) is 0.704. The van der Waals surface area contributed by atoms with Gasteiger partial charge in [0.15, 0.2) is 6.29 Å². The Bertz CT molecular complexity index is 272. The molecule has 0 atom stereocenters. The summed E-state index contributed by atoms with van der Waals surface area (Å²) in [5.41, 5.74) is 5.77. The average molecular weight is 151 g/mol. The van der Waals surface area contributed by atoms with Crippen LogP contribution in [0, 0.1) is 0 Å². The van der Waals surface area contributed by atoms with Gasteiger partial charge in [0.25, 0.3) is 0 Å². The predicted octanol–water partition coefficient (Wildman–Crippen LogP) is 0.434. The lowest BCUT2D eigenvalue weighted by Crippen LogP contribution is -2.02. The first-order valence-corrected chi connectivity index (χ1v) is 3.34. The maximum absolute atomic E-state index is 10.3. The molecule has 0 radical (unpaired) electrons. The van der Waals surface area contributed by atoms with E-state index >= 15 is 0 Å². The van der Waals surface area contributed by atoms with Crippen molar-refractivity contribution in [2.24, 2.45) is 0 Å². The fraction of sp³-hybridized carbons (Fsp3) is 0.286. The molecule has 1 heterocycles. The summed E-state index contributed by atoms with van der Waals surface area (Å²) < 4.78 is 0. The van der Waals surface area contributed by atoms with Crippen molar-refractivity contribution in [3.05, 3.63) is 17.6 Å². The molecule has 11 heavy (non-hydrogen) atoms. The van der Waals surface area contributed by atoms with Crippen LogP contribution in [-0.2, 0) is 6.42 Å². The fourth-order valence-electron chi connectivity index (χ4n) is 0.704. The van der Waals surface area contributed by atoms with Crippen LogP contribution in [0.3, 0.4) is 0 Å². The summed E-state index contributed by atoms with van der Waals surface area (Å²) in [6.45, 7) is 1.93. The van der Waals surface area contributed by atoms with E-state index in [1.54, 1.807) is 0 Å².